The lowest BCUT2D eigenvalue weighted by molar-refractivity contribution is 0.0379. The molecule has 2 heteroatoms. The van der Waals surface area contributed by atoms with E-state index in [9.17, 15) is 0 Å². The highest BCUT2D eigenvalue weighted by Gasteiger charge is 2.33. The van der Waals surface area contributed by atoms with Crippen LogP contribution in [0.3, 0.4) is 0 Å². The molecule has 1 rings (SSSR count). The highest BCUT2D eigenvalue weighted by molar-refractivity contribution is 4.88. The predicted molar refractivity (Wildman–Crippen MR) is 62.2 cm³/mol. The quantitative estimate of drug-likeness (QED) is 0.752. The molecule has 0 amide bonds. The van der Waals surface area contributed by atoms with Crippen molar-refractivity contribution >= 4 is 0 Å². The molecule has 1 aliphatic heterocycles. The SMILES string of the molecule is CC(C)[C@@H]1[C@@H](CN)CCCN1C(C)C. The third-order valence-corrected chi connectivity index (χ3v) is 3.51. The molecular weight excluding hydrogens is 172 g/mol. The topological polar surface area (TPSA) is 29.3 Å². The molecule has 14 heavy (non-hydrogen) atoms. The molecular formula is C12H26N2. The lowest BCUT2D eigenvalue weighted by Crippen LogP contribution is -2.53. The summed E-state index contributed by atoms with van der Waals surface area (Å²) in [5.41, 5.74) is 5.87. The highest BCUT2D eigenvalue weighted by atomic mass is 15.2. The number of nitrogens with zero attached hydrogens (tertiary/aromatic N) is 1. The van der Waals surface area contributed by atoms with E-state index in [0.717, 1.165) is 12.5 Å². The molecule has 1 aliphatic rings. The van der Waals surface area contributed by atoms with Crippen LogP contribution in [0.1, 0.15) is 40.5 Å². The van der Waals surface area contributed by atoms with E-state index in [0.29, 0.717) is 18.0 Å². The maximum atomic E-state index is 5.87. The second kappa shape index (κ2) is 5.13. The summed E-state index contributed by atoms with van der Waals surface area (Å²) in [5, 5.41) is 0. The summed E-state index contributed by atoms with van der Waals surface area (Å²) < 4.78 is 0. The van der Waals surface area contributed by atoms with E-state index in [1.54, 1.807) is 0 Å². The zero-order chi connectivity index (χ0) is 10.7. The molecule has 0 aromatic rings. The Balaban J connectivity index is 2.72. The largest absolute Gasteiger partial charge is 0.330 e. The Morgan fingerprint density at radius 3 is 2.36 bits per heavy atom. The maximum absolute atomic E-state index is 5.87. The highest BCUT2D eigenvalue weighted by Crippen LogP contribution is 2.29. The second-order valence-electron chi connectivity index (χ2n) is 5.20. The van der Waals surface area contributed by atoms with Crippen molar-refractivity contribution in [2.75, 3.05) is 13.1 Å². The third kappa shape index (κ3) is 2.48. The predicted octanol–water partition coefficient (Wildman–Crippen LogP) is 2.09. The van der Waals surface area contributed by atoms with Gasteiger partial charge in [-0.05, 0) is 51.6 Å². The fourth-order valence-electron chi connectivity index (χ4n) is 2.91. The van der Waals surface area contributed by atoms with Gasteiger partial charge in [0.25, 0.3) is 0 Å². The van der Waals surface area contributed by atoms with Gasteiger partial charge in [-0.2, -0.15) is 0 Å². The van der Waals surface area contributed by atoms with Gasteiger partial charge in [0.1, 0.15) is 0 Å². The van der Waals surface area contributed by atoms with Crippen molar-refractivity contribution in [3.8, 4) is 0 Å². The first kappa shape index (κ1) is 12.0. The van der Waals surface area contributed by atoms with E-state index in [-0.39, 0.29) is 0 Å². The van der Waals surface area contributed by atoms with Crippen molar-refractivity contribution in [2.24, 2.45) is 17.6 Å². The van der Waals surface area contributed by atoms with Crippen molar-refractivity contribution in [1.82, 2.24) is 4.90 Å². The summed E-state index contributed by atoms with van der Waals surface area (Å²) in [5.74, 6) is 1.44. The number of hydrogen-bond donors (Lipinski definition) is 1. The molecule has 2 N–H and O–H groups in total. The van der Waals surface area contributed by atoms with Crippen LogP contribution < -0.4 is 5.73 Å². The summed E-state index contributed by atoms with van der Waals surface area (Å²) in [6.07, 6.45) is 2.64. The van der Waals surface area contributed by atoms with Crippen LogP contribution >= 0.6 is 0 Å². The van der Waals surface area contributed by atoms with Crippen molar-refractivity contribution in [2.45, 2.75) is 52.6 Å². The van der Waals surface area contributed by atoms with E-state index in [4.69, 9.17) is 5.73 Å². The fourth-order valence-corrected chi connectivity index (χ4v) is 2.91. The lowest BCUT2D eigenvalue weighted by atomic mass is 9.82. The first-order chi connectivity index (χ1) is 6.57. The van der Waals surface area contributed by atoms with E-state index in [1.807, 2.05) is 0 Å². The Bertz CT molecular complexity index is 166. The molecule has 0 radical (unpaired) electrons. The van der Waals surface area contributed by atoms with Crippen LogP contribution in [0.2, 0.25) is 0 Å². The van der Waals surface area contributed by atoms with Gasteiger partial charge in [0.05, 0.1) is 0 Å². The normalized spacial score (nSPS) is 30.2. The second-order valence-corrected chi connectivity index (χ2v) is 5.20. The van der Waals surface area contributed by atoms with Crippen molar-refractivity contribution in [1.29, 1.82) is 0 Å². The van der Waals surface area contributed by atoms with Crippen LogP contribution in [0.5, 0.6) is 0 Å². The first-order valence-electron chi connectivity index (χ1n) is 6.03. The van der Waals surface area contributed by atoms with Crippen molar-refractivity contribution in [3.05, 3.63) is 0 Å². The first-order valence-corrected chi connectivity index (χ1v) is 6.03. The van der Waals surface area contributed by atoms with Gasteiger partial charge in [-0.3, -0.25) is 4.90 Å². The van der Waals surface area contributed by atoms with Gasteiger partial charge >= 0.3 is 0 Å². The average molecular weight is 198 g/mol. The van der Waals surface area contributed by atoms with Crippen LogP contribution in [0.4, 0.5) is 0 Å². The average Bonchev–Trinajstić information content (AvgIpc) is 2.16. The third-order valence-electron chi connectivity index (χ3n) is 3.51. The monoisotopic (exact) mass is 198 g/mol. The van der Waals surface area contributed by atoms with Crippen LogP contribution in [-0.4, -0.2) is 30.1 Å². The molecule has 0 aromatic heterocycles. The Hall–Kier alpha value is -0.0800. The smallest absolute Gasteiger partial charge is 0.0161 e. The molecule has 1 fully saturated rings. The molecule has 2 atom stereocenters. The standard InChI is InChI=1S/C12H26N2/c1-9(2)12-11(8-13)6-5-7-14(12)10(3)4/h9-12H,5-8,13H2,1-4H3/t11-,12-/m1/s1. The summed E-state index contributed by atoms with van der Waals surface area (Å²) in [4.78, 5) is 2.64. The van der Waals surface area contributed by atoms with Gasteiger partial charge in [0, 0.05) is 12.1 Å². The maximum Gasteiger partial charge on any atom is 0.0161 e. The number of rotatable bonds is 3. The lowest BCUT2D eigenvalue weighted by Gasteiger charge is -2.45. The van der Waals surface area contributed by atoms with Gasteiger partial charge in [-0.15, -0.1) is 0 Å². The van der Waals surface area contributed by atoms with E-state index < -0.39 is 0 Å². The van der Waals surface area contributed by atoms with Gasteiger partial charge in [-0.25, -0.2) is 0 Å². The minimum absolute atomic E-state index is 0.664. The fraction of sp³-hybridized carbons (Fsp3) is 1.00. The number of nitrogens with two attached hydrogens (primary N) is 1. The molecule has 84 valence electrons. The Kier molecular flexibility index (Phi) is 4.39. The van der Waals surface area contributed by atoms with Gasteiger partial charge in [0.15, 0.2) is 0 Å². The van der Waals surface area contributed by atoms with E-state index in [1.165, 1.54) is 19.4 Å². The van der Waals surface area contributed by atoms with E-state index >= 15 is 0 Å². The molecule has 2 nitrogen and oxygen atoms in total. The summed E-state index contributed by atoms with van der Waals surface area (Å²) >= 11 is 0. The summed E-state index contributed by atoms with van der Waals surface area (Å²) in [7, 11) is 0. The molecule has 0 bridgehead atoms. The van der Waals surface area contributed by atoms with Crippen molar-refractivity contribution < 1.29 is 0 Å². The molecule has 1 saturated heterocycles. The van der Waals surface area contributed by atoms with Crippen LogP contribution in [0.25, 0.3) is 0 Å². The van der Waals surface area contributed by atoms with Crippen LogP contribution in [0.15, 0.2) is 0 Å². The number of hydrogen-bond acceptors (Lipinski definition) is 2. The van der Waals surface area contributed by atoms with Crippen LogP contribution in [-0.2, 0) is 0 Å². The Labute approximate surface area is 88.8 Å². The Morgan fingerprint density at radius 2 is 1.93 bits per heavy atom. The van der Waals surface area contributed by atoms with E-state index in [2.05, 4.69) is 32.6 Å². The molecule has 0 unspecified atom stereocenters. The van der Waals surface area contributed by atoms with Crippen molar-refractivity contribution in [3.63, 3.8) is 0 Å². The minimum atomic E-state index is 0.664. The Morgan fingerprint density at radius 1 is 1.29 bits per heavy atom. The molecule has 1 heterocycles. The summed E-state index contributed by atoms with van der Waals surface area (Å²) in [6.45, 7) is 11.4. The molecule has 0 aromatic carbocycles. The molecule has 0 aliphatic carbocycles. The van der Waals surface area contributed by atoms with Gasteiger partial charge < -0.3 is 5.73 Å². The minimum Gasteiger partial charge on any atom is -0.330 e. The molecule has 0 saturated carbocycles. The molecule has 0 spiro atoms. The van der Waals surface area contributed by atoms with Gasteiger partial charge in [0.2, 0.25) is 0 Å². The zero-order valence-corrected chi connectivity index (χ0v) is 10.2. The number of likely N-dealkylation sites (tertiary alicyclic amines) is 1. The van der Waals surface area contributed by atoms with Gasteiger partial charge in [-0.1, -0.05) is 13.8 Å². The summed E-state index contributed by atoms with van der Waals surface area (Å²) in [6, 6.07) is 1.37. The van der Waals surface area contributed by atoms with Crippen LogP contribution in [0, 0.1) is 11.8 Å². The number of piperidine rings is 1. The zero-order valence-electron chi connectivity index (χ0n) is 10.2.